The summed E-state index contributed by atoms with van der Waals surface area (Å²) < 4.78 is 5.05. The highest BCUT2D eigenvalue weighted by Crippen LogP contribution is 2.28. The molecular weight excluding hydrogens is 284 g/mol. The molecule has 0 saturated heterocycles. The van der Waals surface area contributed by atoms with Crippen LogP contribution in [0.3, 0.4) is 0 Å². The molecule has 5 heteroatoms. The van der Waals surface area contributed by atoms with Crippen LogP contribution in [-0.2, 0) is 0 Å². The van der Waals surface area contributed by atoms with Crippen LogP contribution >= 0.6 is 0 Å². The van der Waals surface area contributed by atoms with E-state index in [2.05, 4.69) is 0 Å². The molecule has 0 atom stereocenters. The summed E-state index contributed by atoms with van der Waals surface area (Å²) in [6, 6.07) is 8.84. The largest absolute Gasteiger partial charge is 0.508 e. The predicted octanol–water partition coefficient (Wildman–Crippen LogP) is 2.82. The second-order valence-electron chi connectivity index (χ2n) is 4.52. The summed E-state index contributed by atoms with van der Waals surface area (Å²) in [5.74, 6) is -0.290. The maximum atomic E-state index is 12.2. The van der Waals surface area contributed by atoms with Gasteiger partial charge in [0.25, 0.3) is 0 Å². The highest BCUT2D eigenvalue weighted by atomic mass is 16.5. The average Bonchev–Trinajstić information content (AvgIpc) is 2.53. The summed E-state index contributed by atoms with van der Waals surface area (Å²) in [7, 11) is 1.37. The fraction of sp³-hybridized carbons (Fsp3) is 0.0588. The molecule has 0 radical (unpaired) electrons. The molecule has 2 N–H and O–H groups in total. The van der Waals surface area contributed by atoms with Gasteiger partial charge in [-0.3, -0.25) is 9.59 Å². The zero-order valence-corrected chi connectivity index (χ0v) is 11.8. The fourth-order valence-electron chi connectivity index (χ4n) is 1.89. The lowest BCUT2D eigenvalue weighted by Crippen LogP contribution is -2.00. The van der Waals surface area contributed by atoms with Crippen molar-refractivity contribution in [3.05, 3.63) is 59.2 Å². The van der Waals surface area contributed by atoms with Gasteiger partial charge in [-0.05, 0) is 29.8 Å². The lowest BCUT2D eigenvalue weighted by atomic mass is 10.0. The van der Waals surface area contributed by atoms with E-state index in [9.17, 15) is 19.8 Å². The van der Waals surface area contributed by atoms with E-state index in [0.717, 1.165) is 5.56 Å². The second kappa shape index (κ2) is 6.58. The Labute approximate surface area is 127 Å². The van der Waals surface area contributed by atoms with E-state index in [1.54, 1.807) is 18.2 Å². The number of benzene rings is 2. The van der Waals surface area contributed by atoms with Crippen molar-refractivity contribution in [3.63, 3.8) is 0 Å². The van der Waals surface area contributed by atoms with Crippen LogP contribution in [0.25, 0.3) is 6.08 Å². The molecule has 0 aromatic heterocycles. The lowest BCUT2D eigenvalue weighted by Gasteiger charge is -2.08. The Balaban J connectivity index is 2.32. The lowest BCUT2D eigenvalue weighted by molar-refractivity contribution is 0.104. The maximum absolute atomic E-state index is 12.2. The molecule has 0 unspecified atom stereocenters. The molecule has 2 aromatic rings. The number of hydrogen-bond donors (Lipinski definition) is 2. The van der Waals surface area contributed by atoms with E-state index in [4.69, 9.17) is 4.74 Å². The quantitative estimate of drug-likeness (QED) is 0.504. The van der Waals surface area contributed by atoms with Gasteiger partial charge < -0.3 is 14.9 Å². The van der Waals surface area contributed by atoms with E-state index >= 15 is 0 Å². The first kappa shape index (κ1) is 15.3. The topological polar surface area (TPSA) is 83.8 Å². The van der Waals surface area contributed by atoms with E-state index in [1.807, 2.05) is 0 Å². The number of ether oxygens (including phenoxy) is 1. The summed E-state index contributed by atoms with van der Waals surface area (Å²) in [6.45, 7) is 0. The predicted molar refractivity (Wildman–Crippen MR) is 81.5 cm³/mol. The minimum absolute atomic E-state index is 0.0159. The van der Waals surface area contributed by atoms with Crippen LogP contribution in [0.4, 0.5) is 0 Å². The molecule has 0 bridgehead atoms. The van der Waals surface area contributed by atoms with E-state index in [1.165, 1.54) is 37.5 Å². The van der Waals surface area contributed by atoms with Crippen LogP contribution in [0.1, 0.15) is 26.3 Å². The van der Waals surface area contributed by atoms with Crippen molar-refractivity contribution in [3.8, 4) is 17.2 Å². The van der Waals surface area contributed by atoms with E-state index in [0.29, 0.717) is 6.29 Å². The summed E-state index contributed by atoms with van der Waals surface area (Å²) in [5.41, 5.74) is 0.930. The van der Waals surface area contributed by atoms with Gasteiger partial charge in [-0.25, -0.2) is 0 Å². The van der Waals surface area contributed by atoms with Gasteiger partial charge in [0.1, 0.15) is 17.2 Å². The third-order valence-electron chi connectivity index (χ3n) is 3.06. The van der Waals surface area contributed by atoms with Gasteiger partial charge in [0.05, 0.1) is 18.2 Å². The number of hydrogen-bond acceptors (Lipinski definition) is 5. The third-order valence-corrected chi connectivity index (χ3v) is 3.06. The summed E-state index contributed by atoms with van der Waals surface area (Å²) >= 11 is 0. The number of rotatable bonds is 5. The smallest absolute Gasteiger partial charge is 0.189 e. The molecule has 0 aliphatic rings. The number of allylic oxidation sites excluding steroid dienone is 1. The minimum atomic E-state index is -0.368. The molecule has 0 amide bonds. The average molecular weight is 298 g/mol. The van der Waals surface area contributed by atoms with E-state index in [-0.39, 0.29) is 34.2 Å². The van der Waals surface area contributed by atoms with E-state index < -0.39 is 0 Å². The van der Waals surface area contributed by atoms with Crippen molar-refractivity contribution in [2.24, 2.45) is 0 Å². The number of aldehydes is 1. The second-order valence-corrected chi connectivity index (χ2v) is 4.52. The van der Waals surface area contributed by atoms with Gasteiger partial charge in [0.2, 0.25) is 0 Å². The van der Waals surface area contributed by atoms with Gasteiger partial charge in [0.15, 0.2) is 12.1 Å². The first-order valence-electron chi connectivity index (χ1n) is 6.42. The number of carbonyl (C=O) groups is 2. The van der Waals surface area contributed by atoms with Crippen LogP contribution in [-0.4, -0.2) is 29.4 Å². The van der Waals surface area contributed by atoms with Gasteiger partial charge in [0, 0.05) is 6.07 Å². The summed E-state index contributed by atoms with van der Waals surface area (Å²) in [5, 5.41) is 18.8. The molecule has 0 fully saturated rings. The molecule has 2 rings (SSSR count). The van der Waals surface area contributed by atoms with Crippen LogP contribution in [0, 0.1) is 0 Å². The number of ketones is 1. The molecule has 0 saturated carbocycles. The Morgan fingerprint density at radius 3 is 2.41 bits per heavy atom. The van der Waals surface area contributed by atoms with Gasteiger partial charge in [-0.15, -0.1) is 0 Å². The highest BCUT2D eigenvalue weighted by molar-refractivity contribution is 6.09. The van der Waals surface area contributed by atoms with Crippen LogP contribution < -0.4 is 4.74 Å². The van der Waals surface area contributed by atoms with Crippen LogP contribution in [0.5, 0.6) is 17.2 Å². The van der Waals surface area contributed by atoms with Crippen molar-refractivity contribution in [1.82, 2.24) is 0 Å². The zero-order chi connectivity index (χ0) is 16.1. The van der Waals surface area contributed by atoms with Crippen molar-refractivity contribution in [2.75, 3.05) is 7.11 Å². The molecule has 0 aliphatic heterocycles. The monoisotopic (exact) mass is 298 g/mol. The Hall–Kier alpha value is -3.08. The Morgan fingerprint density at radius 2 is 1.82 bits per heavy atom. The first-order chi connectivity index (χ1) is 10.5. The Bertz CT molecular complexity index is 729. The van der Waals surface area contributed by atoms with Crippen molar-refractivity contribution in [2.45, 2.75) is 0 Å². The summed E-state index contributed by atoms with van der Waals surface area (Å²) in [4.78, 5) is 23.1. The minimum Gasteiger partial charge on any atom is -0.508 e. The number of phenolic OH excluding ortho intramolecular Hbond substituents is 2. The fourth-order valence-corrected chi connectivity index (χ4v) is 1.89. The molecule has 0 heterocycles. The normalized spacial score (nSPS) is 10.6. The number of phenols is 2. The van der Waals surface area contributed by atoms with Gasteiger partial charge >= 0.3 is 0 Å². The standard InChI is InChI=1S/C17H14O5/c1-22-17-9-16(21)12(10-18)8-14(17)15(20)7-4-11-2-5-13(19)6-3-11/h2-10,19,21H,1H3. The number of methoxy groups -OCH3 is 1. The summed E-state index contributed by atoms with van der Waals surface area (Å²) in [6.07, 6.45) is 3.37. The Kier molecular flexibility index (Phi) is 4.58. The Morgan fingerprint density at radius 1 is 1.14 bits per heavy atom. The zero-order valence-electron chi connectivity index (χ0n) is 11.8. The van der Waals surface area contributed by atoms with Gasteiger partial charge in [-0.2, -0.15) is 0 Å². The van der Waals surface area contributed by atoms with Crippen molar-refractivity contribution < 1.29 is 24.5 Å². The SMILES string of the molecule is COc1cc(O)c(C=O)cc1C(=O)C=Cc1ccc(O)cc1. The highest BCUT2D eigenvalue weighted by Gasteiger charge is 2.14. The molecule has 2 aromatic carbocycles. The maximum Gasteiger partial charge on any atom is 0.189 e. The van der Waals surface area contributed by atoms with Crippen LogP contribution in [0.15, 0.2) is 42.5 Å². The molecular formula is C17H14O5. The molecule has 112 valence electrons. The number of carbonyl (C=O) groups excluding carboxylic acids is 2. The van der Waals surface area contributed by atoms with Crippen LogP contribution in [0.2, 0.25) is 0 Å². The first-order valence-corrected chi connectivity index (χ1v) is 6.42. The van der Waals surface area contributed by atoms with Gasteiger partial charge in [-0.1, -0.05) is 18.2 Å². The molecule has 5 nitrogen and oxygen atoms in total. The molecule has 0 spiro atoms. The van der Waals surface area contributed by atoms with Crippen molar-refractivity contribution in [1.29, 1.82) is 0 Å². The molecule has 0 aliphatic carbocycles. The molecule has 22 heavy (non-hydrogen) atoms. The number of aromatic hydroxyl groups is 2. The van der Waals surface area contributed by atoms with Crippen molar-refractivity contribution >= 4 is 18.1 Å². The third kappa shape index (κ3) is 3.32.